The molecular formula is C14H21NO2S. The third-order valence-corrected chi connectivity index (χ3v) is 4.91. The van der Waals surface area contributed by atoms with Crippen LogP contribution < -0.4 is 5.73 Å². The molecule has 0 aliphatic heterocycles. The second kappa shape index (κ2) is 5.02. The summed E-state index contributed by atoms with van der Waals surface area (Å²) in [7, 11) is -2.87. The van der Waals surface area contributed by atoms with Crippen molar-refractivity contribution in [2.75, 3.05) is 12.0 Å². The van der Waals surface area contributed by atoms with Gasteiger partial charge < -0.3 is 5.73 Å². The van der Waals surface area contributed by atoms with Crippen LogP contribution in [0.3, 0.4) is 0 Å². The topological polar surface area (TPSA) is 60.2 Å². The molecule has 18 heavy (non-hydrogen) atoms. The lowest BCUT2D eigenvalue weighted by Crippen LogP contribution is -2.35. The van der Waals surface area contributed by atoms with Crippen molar-refractivity contribution in [2.45, 2.75) is 37.1 Å². The minimum Gasteiger partial charge on any atom is -0.327 e. The molecule has 1 aromatic carbocycles. The Morgan fingerprint density at radius 1 is 1.28 bits per heavy atom. The molecule has 0 bridgehead atoms. The zero-order chi connectivity index (χ0) is 13.2. The van der Waals surface area contributed by atoms with Crippen molar-refractivity contribution >= 4 is 9.84 Å². The minimum atomic E-state index is -2.87. The molecule has 1 aromatic rings. The summed E-state index contributed by atoms with van der Waals surface area (Å²) in [4.78, 5) is 0. The van der Waals surface area contributed by atoms with Gasteiger partial charge in [0.15, 0.2) is 0 Å². The second-order valence-corrected chi connectivity index (χ2v) is 7.66. The predicted molar refractivity (Wildman–Crippen MR) is 74.3 cm³/mol. The van der Waals surface area contributed by atoms with Gasteiger partial charge >= 0.3 is 0 Å². The first kappa shape index (κ1) is 13.6. The fraction of sp³-hybridized carbons (Fsp3) is 0.571. The molecule has 1 saturated carbocycles. The van der Waals surface area contributed by atoms with Gasteiger partial charge in [-0.15, -0.1) is 0 Å². The van der Waals surface area contributed by atoms with E-state index in [1.54, 1.807) is 0 Å². The van der Waals surface area contributed by atoms with Gasteiger partial charge in [0.2, 0.25) is 0 Å². The molecule has 0 radical (unpaired) electrons. The minimum absolute atomic E-state index is 0.0710. The van der Waals surface area contributed by atoms with Gasteiger partial charge in [0.25, 0.3) is 0 Å². The molecule has 100 valence electrons. The van der Waals surface area contributed by atoms with E-state index in [-0.39, 0.29) is 17.2 Å². The van der Waals surface area contributed by atoms with E-state index in [1.165, 1.54) is 11.8 Å². The summed E-state index contributed by atoms with van der Waals surface area (Å²) in [6, 6.07) is 10.4. The van der Waals surface area contributed by atoms with E-state index in [1.807, 2.05) is 18.2 Å². The van der Waals surface area contributed by atoms with Crippen molar-refractivity contribution in [3.63, 3.8) is 0 Å². The first-order chi connectivity index (χ1) is 8.44. The summed E-state index contributed by atoms with van der Waals surface area (Å²) in [6.45, 7) is 0. The monoisotopic (exact) mass is 267 g/mol. The number of hydrogen-bond donors (Lipinski definition) is 1. The molecule has 0 spiro atoms. The number of hydrogen-bond acceptors (Lipinski definition) is 3. The number of benzene rings is 1. The van der Waals surface area contributed by atoms with E-state index in [0.717, 1.165) is 19.3 Å². The van der Waals surface area contributed by atoms with E-state index in [0.29, 0.717) is 6.42 Å². The van der Waals surface area contributed by atoms with Crippen LogP contribution >= 0.6 is 0 Å². The molecule has 0 amide bonds. The standard InChI is InChI=1S/C14H21NO2S/c1-18(16,17)11-5-8-13(15)14(9-10-14)12-6-3-2-4-7-12/h2-4,6-7,13H,5,8-11,15H2,1H3. The van der Waals surface area contributed by atoms with Crippen LogP contribution in [0.5, 0.6) is 0 Å². The Kier molecular flexibility index (Phi) is 3.78. The maximum absolute atomic E-state index is 11.1. The lowest BCUT2D eigenvalue weighted by molar-refractivity contribution is 0.478. The van der Waals surface area contributed by atoms with Crippen molar-refractivity contribution in [3.8, 4) is 0 Å². The highest BCUT2D eigenvalue weighted by molar-refractivity contribution is 7.90. The van der Waals surface area contributed by atoms with Gasteiger partial charge in [-0.25, -0.2) is 8.42 Å². The molecule has 1 aliphatic carbocycles. The third-order valence-electron chi connectivity index (χ3n) is 3.88. The van der Waals surface area contributed by atoms with Gasteiger partial charge in [0.05, 0.1) is 0 Å². The zero-order valence-electron chi connectivity index (χ0n) is 10.8. The predicted octanol–water partition coefficient (Wildman–Crippen LogP) is 1.87. The van der Waals surface area contributed by atoms with Crippen LogP contribution in [0.15, 0.2) is 30.3 Å². The fourth-order valence-corrected chi connectivity index (χ4v) is 3.31. The van der Waals surface area contributed by atoms with E-state index in [4.69, 9.17) is 5.73 Å². The van der Waals surface area contributed by atoms with E-state index < -0.39 is 9.84 Å². The molecule has 0 heterocycles. The van der Waals surface area contributed by atoms with Crippen LogP contribution in [0.4, 0.5) is 0 Å². The molecule has 0 aromatic heterocycles. The Morgan fingerprint density at radius 2 is 1.89 bits per heavy atom. The maximum Gasteiger partial charge on any atom is 0.147 e. The highest BCUT2D eigenvalue weighted by Gasteiger charge is 2.48. The first-order valence-electron chi connectivity index (χ1n) is 6.43. The highest BCUT2D eigenvalue weighted by atomic mass is 32.2. The van der Waals surface area contributed by atoms with Crippen molar-refractivity contribution in [2.24, 2.45) is 5.73 Å². The number of rotatable bonds is 6. The van der Waals surface area contributed by atoms with Crippen molar-refractivity contribution < 1.29 is 8.42 Å². The first-order valence-corrected chi connectivity index (χ1v) is 8.49. The van der Waals surface area contributed by atoms with Crippen LogP contribution in [-0.2, 0) is 15.3 Å². The third kappa shape index (κ3) is 3.12. The van der Waals surface area contributed by atoms with E-state index in [9.17, 15) is 8.42 Å². The van der Waals surface area contributed by atoms with Crippen LogP contribution in [-0.4, -0.2) is 26.5 Å². The van der Waals surface area contributed by atoms with Gasteiger partial charge in [-0.2, -0.15) is 0 Å². The molecule has 1 atom stereocenters. The molecule has 1 unspecified atom stereocenters. The zero-order valence-corrected chi connectivity index (χ0v) is 11.6. The summed E-state index contributed by atoms with van der Waals surface area (Å²) < 4.78 is 22.2. The largest absolute Gasteiger partial charge is 0.327 e. The summed E-state index contributed by atoms with van der Waals surface area (Å²) in [5.41, 5.74) is 7.69. The van der Waals surface area contributed by atoms with Crippen LogP contribution in [0.1, 0.15) is 31.2 Å². The van der Waals surface area contributed by atoms with Crippen molar-refractivity contribution in [1.82, 2.24) is 0 Å². The van der Waals surface area contributed by atoms with Crippen molar-refractivity contribution in [1.29, 1.82) is 0 Å². The SMILES string of the molecule is CS(=O)(=O)CCCC(N)C1(c2ccccc2)CC1. The molecule has 0 saturated heterocycles. The molecule has 2 rings (SSSR count). The maximum atomic E-state index is 11.1. The number of nitrogens with two attached hydrogens (primary N) is 1. The summed E-state index contributed by atoms with van der Waals surface area (Å²) >= 11 is 0. The summed E-state index contributed by atoms with van der Waals surface area (Å²) in [5.74, 6) is 0.242. The Bertz CT molecular complexity index is 492. The second-order valence-electron chi connectivity index (χ2n) is 5.40. The molecule has 1 fully saturated rings. The van der Waals surface area contributed by atoms with Gasteiger partial charge in [-0.3, -0.25) is 0 Å². The Morgan fingerprint density at radius 3 is 2.39 bits per heavy atom. The van der Waals surface area contributed by atoms with E-state index in [2.05, 4.69) is 12.1 Å². The Hall–Kier alpha value is -0.870. The highest BCUT2D eigenvalue weighted by Crippen LogP contribution is 2.51. The lowest BCUT2D eigenvalue weighted by atomic mass is 9.86. The fourth-order valence-electron chi connectivity index (χ4n) is 2.62. The van der Waals surface area contributed by atoms with Crippen LogP contribution in [0.2, 0.25) is 0 Å². The number of sulfone groups is 1. The lowest BCUT2D eigenvalue weighted by Gasteiger charge is -2.23. The molecule has 3 nitrogen and oxygen atoms in total. The van der Waals surface area contributed by atoms with Crippen LogP contribution in [0, 0.1) is 0 Å². The summed E-state index contributed by atoms with van der Waals surface area (Å²) in [5, 5.41) is 0. The van der Waals surface area contributed by atoms with Gasteiger partial charge in [0, 0.05) is 23.5 Å². The van der Waals surface area contributed by atoms with Crippen molar-refractivity contribution in [3.05, 3.63) is 35.9 Å². The quantitative estimate of drug-likeness (QED) is 0.856. The molecule has 1 aliphatic rings. The smallest absolute Gasteiger partial charge is 0.147 e. The Balaban J connectivity index is 1.95. The van der Waals surface area contributed by atoms with E-state index >= 15 is 0 Å². The van der Waals surface area contributed by atoms with Gasteiger partial charge in [-0.1, -0.05) is 30.3 Å². The van der Waals surface area contributed by atoms with Gasteiger partial charge in [-0.05, 0) is 31.2 Å². The molecule has 4 heteroatoms. The summed E-state index contributed by atoms with van der Waals surface area (Å²) in [6.07, 6.45) is 4.97. The Labute approximate surface area is 109 Å². The average Bonchev–Trinajstić information content (AvgIpc) is 3.09. The normalized spacial score (nSPS) is 19.4. The molecule has 2 N–H and O–H groups in total. The average molecular weight is 267 g/mol. The molecular weight excluding hydrogens is 246 g/mol. The van der Waals surface area contributed by atoms with Crippen LogP contribution in [0.25, 0.3) is 0 Å². The van der Waals surface area contributed by atoms with Gasteiger partial charge in [0.1, 0.15) is 9.84 Å².